The van der Waals surface area contributed by atoms with Crippen LogP contribution in [0.1, 0.15) is 0 Å². The number of methoxy groups -OCH3 is 1. The Morgan fingerprint density at radius 2 is 0.818 bits per heavy atom. The van der Waals surface area contributed by atoms with Gasteiger partial charge in [-0.1, -0.05) is 54.6 Å². The van der Waals surface area contributed by atoms with Crippen molar-refractivity contribution in [2.45, 2.75) is 0 Å². The Balaban J connectivity index is 0.000000234. The first-order chi connectivity index (χ1) is 10.4. The Kier molecular flexibility index (Phi) is 7.99. The van der Waals surface area contributed by atoms with Crippen molar-refractivity contribution in [3.05, 3.63) is 91.0 Å². The van der Waals surface area contributed by atoms with E-state index in [4.69, 9.17) is 9.47 Å². The molecule has 0 bridgehead atoms. The smallest absolute Gasteiger partial charge is 0.127 e. The van der Waals surface area contributed by atoms with Crippen LogP contribution in [0.25, 0.3) is 0 Å². The lowest BCUT2D eigenvalue weighted by molar-refractivity contribution is 0.415. The first-order valence-electron chi connectivity index (χ1n) is 6.75. The summed E-state index contributed by atoms with van der Waals surface area (Å²) in [6.45, 7) is 0. The van der Waals surface area contributed by atoms with Crippen LogP contribution in [0.3, 0.4) is 0 Å². The van der Waals surface area contributed by atoms with E-state index in [0.717, 1.165) is 17.2 Å². The van der Waals surface area contributed by atoms with Gasteiger partial charge in [0, 0.05) is 8.41 Å². The molecule has 2 nitrogen and oxygen atoms in total. The van der Waals surface area contributed by atoms with Crippen molar-refractivity contribution in [3.8, 4) is 17.2 Å². The van der Waals surface area contributed by atoms with Crippen LogP contribution in [0.2, 0.25) is 0 Å². The fourth-order valence-corrected chi connectivity index (χ4v) is 1.67. The molecule has 3 radical (unpaired) electrons. The van der Waals surface area contributed by atoms with E-state index >= 15 is 0 Å². The first kappa shape index (κ1) is 17.4. The molecule has 0 amide bonds. The summed E-state index contributed by atoms with van der Waals surface area (Å²) < 4.78 is 10.5. The molecule has 0 saturated heterocycles. The van der Waals surface area contributed by atoms with Crippen LogP contribution >= 0.6 is 0 Å². The second-order valence-electron chi connectivity index (χ2n) is 4.25. The number of para-hydroxylation sites is 3. The highest BCUT2D eigenvalue weighted by Gasteiger charge is 1.92. The minimum Gasteiger partial charge on any atom is -0.497 e. The van der Waals surface area contributed by atoms with Gasteiger partial charge in [-0.3, -0.25) is 0 Å². The van der Waals surface area contributed by atoms with E-state index in [0.29, 0.717) is 0 Å². The molecule has 3 rings (SSSR count). The van der Waals surface area contributed by atoms with Crippen LogP contribution in [-0.4, -0.2) is 15.5 Å². The van der Waals surface area contributed by atoms with E-state index < -0.39 is 0 Å². The van der Waals surface area contributed by atoms with Gasteiger partial charge in [0.2, 0.25) is 0 Å². The van der Waals surface area contributed by atoms with Gasteiger partial charge in [0.25, 0.3) is 0 Å². The molecule has 0 aliphatic heterocycles. The second-order valence-corrected chi connectivity index (χ2v) is 4.25. The molecule has 0 saturated carbocycles. The van der Waals surface area contributed by atoms with E-state index in [1.165, 1.54) is 0 Å². The van der Waals surface area contributed by atoms with Gasteiger partial charge in [0.1, 0.15) is 17.2 Å². The van der Waals surface area contributed by atoms with Crippen molar-refractivity contribution in [2.24, 2.45) is 0 Å². The highest BCUT2D eigenvalue weighted by atomic mass is 16.5. The number of ether oxygens (including phenoxy) is 2. The van der Waals surface area contributed by atoms with Crippen LogP contribution in [0.4, 0.5) is 0 Å². The molecule has 22 heavy (non-hydrogen) atoms. The Morgan fingerprint density at radius 3 is 1.09 bits per heavy atom. The monoisotopic (exact) mass is 289 g/mol. The summed E-state index contributed by atoms with van der Waals surface area (Å²) in [7, 11) is 1.66. The highest BCUT2D eigenvalue weighted by Crippen LogP contribution is 2.19. The molecule has 3 aromatic carbocycles. The van der Waals surface area contributed by atoms with Gasteiger partial charge in [-0.2, -0.15) is 0 Å². The first-order valence-corrected chi connectivity index (χ1v) is 6.75. The molecular formula is C19H18BO2. The third-order valence-electron chi connectivity index (χ3n) is 2.70. The highest BCUT2D eigenvalue weighted by molar-refractivity contribution is 5.75. The quantitative estimate of drug-likeness (QED) is 0.645. The molecule has 0 unspecified atom stereocenters. The molecule has 0 atom stereocenters. The predicted octanol–water partition coefficient (Wildman–Crippen LogP) is 4.79. The van der Waals surface area contributed by atoms with Gasteiger partial charge < -0.3 is 9.47 Å². The third kappa shape index (κ3) is 6.18. The minimum absolute atomic E-state index is 0. The fourth-order valence-electron chi connectivity index (χ4n) is 1.67. The summed E-state index contributed by atoms with van der Waals surface area (Å²) in [4.78, 5) is 0. The van der Waals surface area contributed by atoms with Crippen LogP contribution in [-0.2, 0) is 0 Å². The Morgan fingerprint density at radius 1 is 0.500 bits per heavy atom. The lowest BCUT2D eigenvalue weighted by Crippen LogP contribution is -1.81. The molecule has 0 fully saturated rings. The van der Waals surface area contributed by atoms with E-state index in [1.807, 2.05) is 91.0 Å². The lowest BCUT2D eigenvalue weighted by Gasteiger charge is -2.03. The largest absolute Gasteiger partial charge is 0.497 e. The van der Waals surface area contributed by atoms with Crippen molar-refractivity contribution in [1.82, 2.24) is 0 Å². The zero-order valence-electron chi connectivity index (χ0n) is 12.6. The van der Waals surface area contributed by atoms with Crippen molar-refractivity contribution >= 4 is 8.41 Å². The minimum atomic E-state index is 0. The Labute approximate surface area is 133 Å². The van der Waals surface area contributed by atoms with Gasteiger partial charge in [-0.05, 0) is 36.4 Å². The SMILES string of the molecule is COc1ccccc1.[B].c1ccc(Oc2ccccc2)cc1. The molecule has 0 N–H and O–H groups in total. The molecule has 0 spiro atoms. The fraction of sp³-hybridized carbons (Fsp3) is 0.0526. The number of hydrogen-bond donors (Lipinski definition) is 0. The summed E-state index contributed by atoms with van der Waals surface area (Å²) >= 11 is 0. The van der Waals surface area contributed by atoms with Crippen molar-refractivity contribution in [1.29, 1.82) is 0 Å². The summed E-state index contributed by atoms with van der Waals surface area (Å²) in [6.07, 6.45) is 0. The van der Waals surface area contributed by atoms with Gasteiger partial charge in [0.05, 0.1) is 7.11 Å². The predicted molar refractivity (Wildman–Crippen MR) is 91.7 cm³/mol. The maximum Gasteiger partial charge on any atom is 0.127 e. The Hall–Kier alpha value is -2.68. The summed E-state index contributed by atoms with van der Waals surface area (Å²) in [6, 6.07) is 29.2. The Bertz CT molecular complexity index is 575. The number of hydrogen-bond acceptors (Lipinski definition) is 2. The molecular weight excluding hydrogens is 271 g/mol. The zero-order valence-corrected chi connectivity index (χ0v) is 12.6. The summed E-state index contributed by atoms with van der Waals surface area (Å²) in [5, 5.41) is 0. The molecule has 3 heteroatoms. The number of benzene rings is 3. The van der Waals surface area contributed by atoms with Gasteiger partial charge >= 0.3 is 0 Å². The van der Waals surface area contributed by atoms with Crippen molar-refractivity contribution < 1.29 is 9.47 Å². The molecule has 0 aliphatic carbocycles. The van der Waals surface area contributed by atoms with Crippen LogP contribution in [0.5, 0.6) is 17.2 Å². The maximum atomic E-state index is 5.58. The van der Waals surface area contributed by atoms with Gasteiger partial charge in [-0.25, -0.2) is 0 Å². The molecule has 109 valence electrons. The maximum absolute atomic E-state index is 5.58. The van der Waals surface area contributed by atoms with Gasteiger partial charge in [0.15, 0.2) is 0 Å². The van der Waals surface area contributed by atoms with E-state index in [9.17, 15) is 0 Å². The average molecular weight is 289 g/mol. The normalized spacial score (nSPS) is 8.77. The van der Waals surface area contributed by atoms with E-state index in [-0.39, 0.29) is 8.41 Å². The average Bonchev–Trinajstić information content (AvgIpc) is 2.58. The van der Waals surface area contributed by atoms with E-state index in [2.05, 4.69) is 0 Å². The van der Waals surface area contributed by atoms with Crippen LogP contribution < -0.4 is 9.47 Å². The van der Waals surface area contributed by atoms with Crippen LogP contribution in [0, 0.1) is 0 Å². The summed E-state index contributed by atoms with van der Waals surface area (Å²) in [5.74, 6) is 2.65. The topological polar surface area (TPSA) is 18.5 Å². The van der Waals surface area contributed by atoms with Crippen LogP contribution in [0.15, 0.2) is 91.0 Å². The number of rotatable bonds is 3. The molecule has 0 aromatic heterocycles. The third-order valence-corrected chi connectivity index (χ3v) is 2.70. The van der Waals surface area contributed by atoms with Gasteiger partial charge in [-0.15, -0.1) is 0 Å². The summed E-state index contributed by atoms with van der Waals surface area (Å²) in [5.41, 5.74) is 0. The molecule has 3 aromatic rings. The molecule has 0 heterocycles. The zero-order chi connectivity index (χ0) is 14.8. The second kappa shape index (κ2) is 10.1. The standard InChI is InChI=1S/C12H10O.C7H8O.B/c1-3-7-11(8-4-1)13-12-9-5-2-6-10-12;1-8-7-5-3-2-4-6-7;/h1-10H;2-6H,1H3;. The van der Waals surface area contributed by atoms with Crippen molar-refractivity contribution in [2.75, 3.05) is 7.11 Å². The lowest BCUT2D eigenvalue weighted by atomic mass is 10.3. The van der Waals surface area contributed by atoms with E-state index in [1.54, 1.807) is 7.11 Å². The van der Waals surface area contributed by atoms with Crippen molar-refractivity contribution in [3.63, 3.8) is 0 Å². The molecule has 0 aliphatic rings.